The Kier molecular flexibility index (Phi) is 18.7. The quantitative estimate of drug-likeness (QED) is 0.0803. The zero-order valence-electron chi connectivity index (χ0n) is 32.5. The molecule has 0 heterocycles. The van der Waals surface area contributed by atoms with Gasteiger partial charge in [0.25, 0.3) is 0 Å². The molecule has 0 aliphatic carbocycles. The van der Waals surface area contributed by atoms with Gasteiger partial charge in [-0.05, 0) is 88.1 Å². The Morgan fingerprint density at radius 1 is 0.600 bits per heavy atom. The van der Waals surface area contributed by atoms with E-state index in [4.69, 9.17) is 18.9 Å². The summed E-state index contributed by atoms with van der Waals surface area (Å²) in [6.45, 7) is 10.9. The number of nitrogens with one attached hydrogen (secondary N) is 2. The smallest absolute Gasteiger partial charge is 0.408 e. The molecule has 0 radical (unpaired) electrons. The maximum absolute atomic E-state index is 12.1. The highest BCUT2D eigenvalue weighted by molar-refractivity contribution is 9.08. The molecule has 0 saturated heterocycles. The van der Waals surface area contributed by atoms with Crippen molar-refractivity contribution >= 4 is 40.1 Å². The van der Waals surface area contributed by atoms with Crippen molar-refractivity contribution in [1.82, 2.24) is 10.6 Å². The fourth-order valence-corrected chi connectivity index (χ4v) is 4.75. The first-order valence-corrected chi connectivity index (χ1v) is 18.4. The molecule has 0 bridgehead atoms. The molecule has 12 nitrogen and oxygen atoms in total. The number of phenols is 1. The second-order valence-electron chi connectivity index (χ2n) is 13.8. The lowest BCUT2D eigenvalue weighted by Gasteiger charge is -2.23. The third kappa shape index (κ3) is 18.4. The summed E-state index contributed by atoms with van der Waals surface area (Å²) >= 11 is 3.36. The van der Waals surface area contributed by atoms with Gasteiger partial charge < -0.3 is 39.4 Å². The van der Waals surface area contributed by atoms with Crippen molar-refractivity contribution in [3.63, 3.8) is 0 Å². The molecule has 2 atom stereocenters. The SMILES string of the molecule is BrCc1ccccc1.COC(=O)[C@H](NC(=O)OC(C)(C)C)c1ccc(O)cc1.COC(=O)[C@H](NC(=O)OC(C)(C)C)c1ccc(OCc2ccccc2)cc1. The van der Waals surface area contributed by atoms with Gasteiger partial charge in [-0.25, -0.2) is 19.2 Å². The van der Waals surface area contributed by atoms with Crippen LogP contribution in [0.3, 0.4) is 0 Å². The van der Waals surface area contributed by atoms with Crippen LogP contribution in [0.4, 0.5) is 9.59 Å². The van der Waals surface area contributed by atoms with Crippen LogP contribution in [-0.2, 0) is 40.5 Å². The number of esters is 2. The summed E-state index contributed by atoms with van der Waals surface area (Å²) in [6.07, 6.45) is -1.41. The molecule has 0 aromatic heterocycles. The van der Waals surface area contributed by atoms with Gasteiger partial charge in [-0.15, -0.1) is 0 Å². The van der Waals surface area contributed by atoms with Gasteiger partial charge in [0.15, 0.2) is 12.1 Å². The van der Waals surface area contributed by atoms with E-state index in [0.717, 1.165) is 10.9 Å². The van der Waals surface area contributed by atoms with Crippen LogP contribution in [0.2, 0.25) is 0 Å². The minimum atomic E-state index is -0.990. The Labute approximate surface area is 331 Å². The number of ether oxygens (including phenoxy) is 5. The molecule has 0 aliphatic heterocycles. The lowest BCUT2D eigenvalue weighted by molar-refractivity contribution is -0.144. The van der Waals surface area contributed by atoms with E-state index in [9.17, 15) is 24.3 Å². The normalized spacial score (nSPS) is 11.7. The van der Waals surface area contributed by atoms with Crippen molar-refractivity contribution in [3.05, 3.63) is 131 Å². The van der Waals surface area contributed by atoms with Crippen LogP contribution in [-0.4, -0.2) is 54.7 Å². The van der Waals surface area contributed by atoms with Crippen LogP contribution in [0.5, 0.6) is 11.5 Å². The van der Waals surface area contributed by atoms with Crippen LogP contribution in [0, 0.1) is 0 Å². The fraction of sp³-hybridized carbons (Fsp3) is 0.333. The van der Waals surface area contributed by atoms with Gasteiger partial charge in [-0.1, -0.05) is 101 Å². The standard InChI is InChI=1S/C21H25NO5.C14H19NO5.C7H7Br/c1-21(2,3)27-20(24)22-18(19(23)25-4)16-10-12-17(13-11-16)26-14-15-8-6-5-7-9-15;1-14(2,3)20-13(18)15-11(12(17)19-4)9-5-7-10(16)8-6-9;8-6-7-4-2-1-3-5-7/h5-13,18H,14H2,1-4H3,(H,22,24);5-8,11,16H,1-4H3,(H,15,18);1-5H,6H2/t18-;11-;/m11./s1. The van der Waals surface area contributed by atoms with Gasteiger partial charge in [0.2, 0.25) is 0 Å². The lowest BCUT2D eigenvalue weighted by atomic mass is 10.1. The van der Waals surface area contributed by atoms with Crippen LogP contribution in [0.25, 0.3) is 0 Å². The van der Waals surface area contributed by atoms with Crippen LogP contribution in [0.1, 0.15) is 75.9 Å². The average Bonchev–Trinajstić information content (AvgIpc) is 3.15. The fourth-order valence-electron chi connectivity index (χ4n) is 4.37. The third-order valence-electron chi connectivity index (χ3n) is 6.88. The van der Waals surface area contributed by atoms with E-state index >= 15 is 0 Å². The van der Waals surface area contributed by atoms with E-state index in [1.807, 2.05) is 48.5 Å². The second-order valence-corrected chi connectivity index (χ2v) is 14.3. The Morgan fingerprint density at radius 2 is 0.982 bits per heavy atom. The Balaban J connectivity index is 0.000000325. The van der Waals surface area contributed by atoms with E-state index in [1.54, 1.807) is 65.8 Å². The number of benzene rings is 4. The van der Waals surface area contributed by atoms with Crippen molar-refractivity contribution in [2.75, 3.05) is 14.2 Å². The summed E-state index contributed by atoms with van der Waals surface area (Å²) in [4.78, 5) is 47.6. The molecule has 4 aromatic rings. The Hall–Kier alpha value is -5.56. The van der Waals surface area contributed by atoms with E-state index < -0.39 is 47.4 Å². The van der Waals surface area contributed by atoms with E-state index in [-0.39, 0.29) is 5.75 Å². The average molecular weight is 824 g/mol. The van der Waals surface area contributed by atoms with Crippen molar-refractivity contribution in [1.29, 1.82) is 0 Å². The number of rotatable bonds is 10. The van der Waals surface area contributed by atoms with Crippen molar-refractivity contribution in [3.8, 4) is 11.5 Å². The molecule has 0 spiro atoms. The molecular weight excluding hydrogens is 772 g/mol. The summed E-state index contributed by atoms with van der Waals surface area (Å²) in [5, 5.41) is 15.2. The van der Waals surface area contributed by atoms with Crippen molar-refractivity contribution in [2.24, 2.45) is 0 Å². The number of phenolic OH excluding ortho intramolecular Hbond substituents is 1. The highest BCUT2D eigenvalue weighted by Gasteiger charge is 2.28. The molecule has 0 unspecified atom stereocenters. The van der Waals surface area contributed by atoms with Crippen LogP contribution >= 0.6 is 15.9 Å². The molecular formula is C42H51BrN2O10. The summed E-state index contributed by atoms with van der Waals surface area (Å²) in [7, 11) is 2.50. The minimum Gasteiger partial charge on any atom is -0.508 e. The maximum Gasteiger partial charge on any atom is 0.408 e. The van der Waals surface area contributed by atoms with E-state index in [0.29, 0.717) is 23.5 Å². The van der Waals surface area contributed by atoms with Gasteiger partial charge in [-0.3, -0.25) is 0 Å². The number of methoxy groups -OCH3 is 2. The summed E-state index contributed by atoms with van der Waals surface area (Å²) in [5.41, 5.74) is 2.10. The summed E-state index contributed by atoms with van der Waals surface area (Å²) < 4.78 is 25.5. The maximum atomic E-state index is 12.1. The number of alkyl halides is 1. The van der Waals surface area contributed by atoms with Gasteiger partial charge in [0, 0.05) is 5.33 Å². The highest BCUT2D eigenvalue weighted by Crippen LogP contribution is 2.22. The lowest BCUT2D eigenvalue weighted by Crippen LogP contribution is -2.38. The van der Waals surface area contributed by atoms with Gasteiger partial charge in [-0.2, -0.15) is 0 Å². The third-order valence-corrected chi connectivity index (χ3v) is 7.53. The first-order valence-electron chi connectivity index (χ1n) is 17.2. The van der Waals surface area contributed by atoms with Gasteiger partial charge in [0.05, 0.1) is 14.2 Å². The number of halogens is 1. The zero-order chi connectivity index (χ0) is 41.0. The molecule has 0 saturated carbocycles. The summed E-state index contributed by atoms with van der Waals surface area (Å²) in [5.74, 6) is -0.488. The minimum absolute atomic E-state index is 0.0645. The van der Waals surface area contributed by atoms with Gasteiger partial charge in [0.1, 0.15) is 29.3 Å². The molecule has 4 aromatic carbocycles. The predicted octanol–water partition coefficient (Wildman–Crippen LogP) is 8.72. The number of alkyl carbamates (subject to hydrolysis) is 2. The molecule has 0 aliphatic rings. The molecule has 55 heavy (non-hydrogen) atoms. The highest BCUT2D eigenvalue weighted by atomic mass is 79.9. The topological polar surface area (TPSA) is 159 Å². The molecule has 3 N–H and O–H groups in total. The number of aromatic hydroxyl groups is 1. The van der Waals surface area contributed by atoms with Gasteiger partial charge >= 0.3 is 24.1 Å². The Bertz CT molecular complexity index is 1760. The summed E-state index contributed by atoms with van der Waals surface area (Å²) in [6, 6.07) is 30.9. The van der Waals surface area contributed by atoms with E-state index in [2.05, 4.69) is 43.4 Å². The number of hydrogen-bond acceptors (Lipinski definition) is 10. The molecule has 2 amide bonds. The van der Waals surface area contributed by atoms with Crippen LogP contribution in [0.15, 0.2) is 109 Å². The number of hydrogen-bond donors (Lipinski definition) is 3. The number of carbonyl (C=O) groups is 4. The monoisotopic (exact) mass is 822 g/mol. The predicted molar refractivity (Wildman–Crippen MR) is 213 cm³/mol. The largest absolute Gasteiger partial charge is 0.508 e. The number of carbonyl (C=O) groups excluding carboxylic acids is 4. The molecule has 296 valence electrons. The molecule has 0 fully saturated rings. The van der Waals surface area contributed by atoms with E-state index in [1.165, 1.54) is 44.0 Å². The first kappa shape index (κ1) is 45.6. The Morgan fingerprint density at radius 3 is 1.33 bits per heavy atom. The number of amides is 2. The van der Waals surface area contributed by atoms with Crippen LogP contribution < -0.4 is 15.4 Å². The molecule has 13 heteroatoms. The van der Waals surface area contributed by atoms with Crippen molar-refractivity contribution < 1.29 is 48.0 Å². The van der Waals surface area contributed by atoms with Crippen molar-refractivity contribution in [2.45, 2.75) is 76.8 Å². The first-order chi connectivity index (χ1) is 25.9. The second kappa shape index (κ2) is 22.6. The zero-order valence-corrected chi connectivity index (χ0v) is 34.0. The molecule has 4 rings (SSSR count).